The fourth-order valence-electron chi connectivity index (χ4n) is 11.6. The highest BCUT2D eigenvalue weighted by molar-refractivity contribution is 8.77. The van der Waals surface area contributed by atoms with Gasteiger partial charge in [0.2, 0.25) is 5.91 Å². The number of hydrogen-bond acceptors (Lipinski definition) is 44. The number of nitrogens with one attached hydrogen (secondary N) is 1. The smallest absolute Gasteiger partial charge is 0.481 e. The first-order chi connectivity index (χ1) is 68.1. The van der Waals surface area contributed by atoms with Gasteiger partial charge in [0.15, 0.2) is 5.12 Å². The van der Waals surface area contributed by atoms with Gasteiger partial charge in [-0.05, 0) is 331 Å². The zero-order chi connectivity index (χ0) is 107. The van der Waals surface area contributed by atoms with Gasteiger partial charge < -0.3 is 77.3 Å². The van der Waals surface area contributed by atoms with E-state index < -0.39 is 24.1 Å². The van der Waals surface area contributed by atoms with Gasteiger partial charge in [0.1, 0.15) is 0 Å². The third-order valence-corrected chi connectivity index (χ3v) is 34.0. The van der Waals surface area contributed by atoms with Crippen molar-refractivity contribution in [2.45, 2.75) is 357 Å². The topological polar surface area (TPSA) is 440 Å². The molecule has 32 nitrogen and oxygen atoms in total. The van der Waals surface area contributed by atoms with Crippen LogP contribution in [0.15, 0.2) is 0 Å². The minimum atomic E-state index is -0.991. The maximum Gasteiger partial charge on any atom is 0.516 e. The number of thiol groups is 2. The van der Waals surface area contributed by atoms with E-state index in [1.165, 1.54) is 72.5 Å². The zero-order valence-corrected chi connectivity index (χ0v) is 98.9. The van der Waals surface area contributed by atoms with E-state index >= 15 is 0 Å². The second-order valence-corrected chi connectivity index (χ2v) is 47.8. The van der Waals surface area contributed by atoms with Gasteiger partial charge in [0.25, 0.3) is 0 Å². The van der Waals surface area contributed by atoms with Crippen LogP contribution in [-0.4, -0.2) is 287 Å². The molecular formula is C95H170N2O30S15. The lowest BCUT2D eigenvalue weighted by Crippen LogP contribution is -2.31. The van der Waals surface area contributed by atoms with Crippen LogP contribution in [0.5, 0.6) is 0 Å². The number of carbonyl (C=O) groups is 16. The molecule has 0 aliphatic carbocycles. The number of carbonyl (C=O) groups excluding carboxylic acids is 14. The number of unbranched alkanes of at least 4 members (excludes halogenated alkanes) is 8. The van der Waals surface area contributed by atoms with Crippen LogP contribution >= 0.6 is 174 Å². The third-order valence-electron chi connectivity index (χ3n) is 18.6. The minimum Gasteiger partial charge on any atom is -0.481 e. The van der Waals surface area contributed by atoms with Gasteiger partial charge in [-0.3, -0.25) is 33.6 Å². The molecule has 2 aliphatic rings. The Bertz CT molecular complexity index is 3240. The van der Waals surface area contributed by atoms with Gasteiger partial charge in [0, 0.05) is 135 Å². The number of ether oxygens (including phenoxy) is 12. The number of likely N-dealkylation sites (N-methyl/N-ethyl adjacent to an activating group) is 1. The first kappa shape index (κ1) is 147. The lowest BCUT2D eigenvalue weighted by molar-refractivity contribution is -0.144. The predicted molar refractivity (Wildman–Crippen MR) is 603 cm³/mol. The third kappa shape index (κ3) is 111. The second-order valence-electron chi connectivity index (χ2n) is 30.8. The Morgan fingerprint density at radius 2 is 0.655 bits per heavy atom. The van der Waals surface area contributed by atoms with Crippen molar-refractivity contribution in [3.63, 3.8) is 0 Å². The quantitative estimate of drug-likeness (QED) is 0.00943. The van der Waals surface area contributed by atoms with E-state index in [1.807, 2.05) is 69.1 Å². The fraction of sp³-hybridized carbons (Fsp3) is 0.832. The van der Waals surface area contributed by atoms with Gasteiger partial charge in [-0.1, -0.05) is 113 Å². The summed E-state index contributed by atoms with van der Waals surface area (Å²) in [5.74, 6) is 4.48. The number of aliphatic carboxylic acids is 2. The van der Waals surface area contributed by atoms with E-state index in [0.717, 1.165) is 228 Å². The number of rotatable bonds is 70. The molecule has 0 bridgehead atoms. The summed E-state index contributed by atoms with van der Waals surface area (Å²) >= 11 is 18.9. The summed E-state index contributed by atoms with van der Waals surface area (Å²) < 4.78 is 58.2. The van der Waals surface area contributed by atoms with Crippen LogP contribution in [0.1, 0.15) is 321 Å². The summed E-state index contributed by atoms with van der Waals surface area (Å²) in [6, 6.07) is 0. The van der Waals surface area contributed by atoms with Gasteiger partial charge in [-0.15, -0.1) is 0 Å². The van der Waals surface area contributed by atoms with Gasteiger partial charge in [-0.2, -0.15) is 25.3 Å². The van der Waals surface area contributed by atoms with E-state index in [0.29, 0.717) is 172 Å². The summed E-state index contributed by atoms with van der Waals surface area (Å²) in [7, 11) is 11.8. The van der Waals surface area contributed by atoms with Crippen molar-refractivity contribution in [3.05, 3.63) is 0 Å². The molecule has 0 aromatic heterocycles. The molecule has 2 rings (SSSR count). The molecule has 0 spiro atoms. The molecule has 0 aromatic carbocycles. The molecule has 830 valence electrons. The average molecular weight is 2300 g/mol. The average Bonchev–Trinajstić information content (AvgIpc) is 1.26. The monoisotopic (exact) mass is 2300 g/mol. The van der Waals surface area contributed by atoms with Crippen molar-refractivity contribution in [1.29, 1.82) is 0 Å². The molecule has 0 radical (unpaired) electrons. The highest BCUT2D eigenvalue weighted by atomic mass is 33.1. The van der Waals surface area contributed by atoms with Crippen molar-refractivity contribution < 1.29 is 144 Å². The highest BCUT2D eigenvalue weighted by Crippen LogP contribution is 2.41. The van der Waals surface area contributed by atoms with Crippen molar-refractivity contribution in [2.24, 2.45) is 0 Å². The van der Waals surface area contributed by atoms with Crippen molar-refractivity contribution in [1.82, 2.24) is 10.2 Å². The molecule has 3 N–H and O–H groups in total. The van der Waals surface area contributed by atoms with Crippen LogP contribution < -0.4 is 5.32 Å². The largest absolute Gasteiger partial charge is 0.516 e. The Morgan fingerprint density at radius 3 is 0.972 bits per heavy atom. The number of carboxylic acids is 2. The minimum absolute atomic E-state index is 0.0351. The molecule has 47 heteroatoms. The molecule has 7 atom stereocenters. The molecule has 2 aliphatic heterocycles. The van der Waals surface area contributed by atoms with E-state index in [1.54, 1.807) is 69.2 Å². The Hall–Kier alpha value is -3.07. The molecule has 2 saturated heterocycles. The van der Waals surface area contributed by atoms with E-state index in [-0.39, 0.29) is 106 Å². The Balaban J connectivity index is -0.000000525. The van der Waals surface area contributed by atoms with Crippen LogP contribution in [0.25, 0.3) is 0 Å². The number of thioether (sulfide) groups is 9. The van der Waals surface area contributed by atoms with Crippen LogP contribution in [0.2, 0.25) is 0 Å². The van der Waals surface area contributed by atoms with Crippen molar-refractivity contribution >= 4 is 264 Å². The lowest BCUT2D eigenvalue weighted by Gasteiger charge is -2.15. The SMILES string of the molecule is CCCCSC(=O)CCCCC(CCSC(=O)OCC)SC(=O)OCC.CCOC(=O)CCCCC(CCSC(=O)OCC)SC(=O)OCC.CCOC(=O)CCCCC1CCSS1.CCOC(=O)OC(=O)CCCCC(CCSC(=O)OCC)SC(=O)OCC.CCOC(=O)SCCC(CCCCC(=O)NCCN(C)C)SC(=O)OCC.O=C(O)CCCCC(S)CCS.O=C(O)CCCCC1CCSS1. The summed E-state index contributed by atoms with van der Waals surface area (Å²) in [4.78, 5) is 183. The predicted octanol–water partition coefficient (Wildman–Crippen LogP) is 27.6. The number of nitrogens with zero attached hydrogens (tertiary/aromatic N) is 1. The Morgan fingerprint density at radius 1 is 0.345 bits per heavy atom. The summed E-state index contributed by atoms with van der Waals surface area (Å²) in [5.41, 5.74) is 0. The van der Waals surface area contributed by atoms with Gasteiger partial charge >= 0.3 is 78.4 Å². The number of esters is 3. The van der Waals surface area contributed by atoms with Crippen LogP contribution in [0.3, 0.4) is 0 Å². The van der Waals surface area contributed by atoms with Crippen LogP contribution in [0, 0.1) is 0 Å². The van der Waals surface area contributed by atoms with Gasteiger partial charge in [-0.25, -0.2) is 43.2 Å². The maximum atomic E-state index is 11.8. The molecule has 2 heterocycles. The highest BCUT2D eigenvalue weighted by Gasteiger charge is 2.24. The zero-order valence-electron chi connectivity index (χ0n) is 86.5. The van der Waals surface area contributed by atoms with Crippen molar-refractivity contribution in [2.75, 3.05) is 146 Å². The van der Waals surface area contributed by atoms with Crippen LogP contribution in [-0.2, 0) is 90.4 Å². The lowest BCUT2D eigenvalue weighted by atomic mass is 10.1. The number of hydrogen-bond donors (Lipinski definition) is 5. The Kier molecular flexibility index (Phi) is 115. The standard InChI is InChI=1S/C18H34N2O5S2.C18H32O5S3.C17H28O8S2.C16H28O6S2.C10H18O2S2.C8H14O2S2.C8H16O2S2/c1-5-24-17(22)26-14-11-15(27-18(23)25-6-2)9-7-8-10-16(21)19-12-13-20(3)4;1-4-7-13-24-16(19)11-9-8-10-15(26-18(21)23-6-3)12-14-25-17(20)22-5-2;1-4-22-15(19)25-14(18)10-8-7-9-13(27-17(21)24-6-3)11-12-26-16(20)23-5-2;1-4-20-14(17)10-8-7-9-13(24-16(19)22-6-3)11-12-23-15(18)21-5-2;1-2-12-10(11)6-4-3-5-9-7-8-13-14-9;9-8(10)4-2-1-3-7-5-6-11-12-7;9-8(10)4-2-1-3-7(12)5-6-11/h15H,5-14H2,1-4H3,(H,19,21);15H,4-14H2,1-3H3;13H,4-12H2,1-3H3;13H,4-12H2,1-3H3;9H,2-8H2,1H3;7H,1-6H2,(H,9,10);7,11-12H,1-6H2,(H,9,10). The molecule has 0 saturated carbocycles. The fourth-order valence-corrected chi connectivity index (χ4v) is 27.0. The number of amides is 1. The van der Waals surface area contributed by atoms with Crippen LogP contribution in [0.4, 0.5) is 43.2 Å². The molecule has 2 fully saturated rings. The number of carboxylic acid groups (broad SMARTS) is 2. The van der Waals surface area contributed by atoms with Gasteiger partial charge in [0.05, 0.1) is 72.7 Å². The first-order valence-electron chi connectivity index (χ1n) is 49.7. The van der Waals surface area contributed by atoms with E-state index in [4.69, 9.17) is 57.6 Å². The maximum absolute atomic E-state index is 11.8. The first-order valence-corrected chi connectivity index (χ1v) is 64.1. The molecule has 142 heavy (non-hydrogen) atoms. The second kappa shape index (κ2) is 111. The normalized spacial score (nSPS) is 13.6. The van der Waals surface area contributed by atoms with Crippen molar-refractivity contribution in [3.8, 4) is 0 Å². The summed E-state index contributed by atoms with van der Waals surface area (Å²) in [6.07, 6.45) is 28.8. The van der Waals surface area contributed by atoms with E-state index in [2.05, 4.69) is 47.0 Å². The molecule has 7 unspecified atom stereocenters. The summed E-state index contributed by atoms with van der Waals surface area (Å²) in [5, 5.41) is 19.7. The molecule has 0 aromatic rings. The summed E-state index contributed by atoms with van der Waals surface area (Å²) in [6.45, 7) is 26.8. The molecule has 1 amide bonds. The molecular weight excluding hydrogens is 2130 g/mol. The Labute approximate surface area is 913 Å². The van der Waals surface area contributed by atoms with E-state index in [9.17, 15) is 76.7 Å².